The van der Waals surface area contributed by atoms with E-state index in [2.05, 4.69) is 20.9 Å². The normalized spacial score (nSPS) is 9.64. The standard InChI is InChI=1S/C7H5BrClNO/c8-3-7(11)6-2-1-5(9)4-10-6/h1-2,4H,3H2. The van der Waals surface area contributed by atoms with E-state index in [-0.39, 0.29) is 5.78 Å². The van der Waals surface area contributed by atoms with Crippen molar-refractivity contribution in [2.75, 3.05) is 5.33 Å². The molecule has 1 heterocycles. The van der Waals surface area contributed by atoms with Gasteiger partial charge in [-0.15, -0.1) is 0 Å². The highest BCUT2D eigenvalue weighted by molar-refractivity contribution is 9.09. The number of halogens is 2. The second kappa shape index (κ2) is 3.83. The number of rotatable bonds is 2. The third kappa shape index (κ3) is 2.27. The molecule has 0 aliphatic carbocycles. The first-order valence-corrected chi connectivity index (χ1v) is 4.44. The van der Waals surface area contributed by atoms with Crippen molar-refractivity contribution < 1.29 is 4.79 Å². The van der Waals surface area contributed by atoms with Crippen LogP contribution < -0.4 is 0 Å². The molecule has 0 fully saturated rings. The molecule has 0 amide bonds. The quantitative estimate of drug-likeness (QED) is 0.581. The number of ketones is 1. The topological polar surface area (TPSA) is 30.0 Å². The van der Waals surface area contributed by atoms with Gasteiger partial charge in [-0.25, -0.2) is 0 Å². The number of carbonyl (C=O) groups excluding carboxylic acids is 1. The molecule has 4 heteroatoms. The van der Waals surface area contributed by atoms with Crippen LogP contribution in [0.5, 0.6) is 0 Å². The minimum absolute atomic E-state index is 0.0401. The first kappa shape index (κ1) is 8.68. The van der Waals surface area contributed by atoms with Crippen molar-refractivity contribution in [2.24, 2.45) is 0 Å². The molecule has 0 aromatic carbocycles. The number of hydrogen-bond acceptors (Lipinski definition) is 2. The summed E-state index contributed by atoms with van der Waals surface area (Å²) in [4.78, 5) is 14.8. The van der Waals surface area contributed by atoms with E-state index in [1.54, 1.807) is 12.1 Å². The molecule has 0 spiro atoms. The Morgan fingerprint density at radius 2 is 2.36 bits per heavy atom. The maximum absolute atomic E-state index is 11.0. The van der Waals surface area contributed by atoms with E-state index >= 15 is 0 Å². The Labute approximate surface area is 77.7 Å². The molecule has 0 atom stereocenters. The van der Waals surface area contributed by atoms with E-state index < -0.39 is 0 Å². The smallest absolute Gasteiger partial charge is 0.191 e. The van der Waals surface area contributed by atoms with Crippen molar-refractivity contribution in [2.45, 2.75) is 0 Å². The van der Waals surface area contributed by atoms with Crippen LogP contribution >= 0.6 is 27.5 Å². The molecule has 0 bridgehead atoms. The van der Waals surface area contributed by atoms with Crippen LogP contribution in [0.15, 0.2) is 18.3 Å². The van der Waals surface area contributed by atoms with Gasteiger partial charge in [0.25, 0.3) is 0 Å². The van der Waals surface area contributed by atoms with Crippen LogP contribution in [0.2, 0.25) is 5.02 Å². The van der Waals surface area contributed by atoms with Crippen molar-refractivity contribution >= 4 is 33.3 Å². The second-order valence-corrected chi connectivity index (χ2v) is 2.92. The fraction of sp³-hybridized carbons (Fsp3) is 0.143. The molecule has 1 aromatic heterocycles. The predicted octanol–water partition coefficient (Wildman–Crippen LogP) is 2.31. The summed E-state index contributed by atoms with van der Waals surface area (Å²) in [5, 5.41) is 0.831. The van der Waals surface area contributed by atoms with E-state index in [0.29, 0.717) is 16.0 Å². The highest BCUT2D eigenvalue weighted by Gasteiger charge is 2.03. The van der Waals surface area contributed by atoms with Gasteiger partial charge in [-0.05, 0) is 12.1 Å². The predicted molar refractivity (Wildman–Crippen MR) is 47.4 cm³/mol. The molecule has 11 heavy (non-hydrogen) atoms. The first-order chi connectivity index (χ1) is 5.24. The van der Waals surface area contributed by atoms with Crippen LogP contribution in [0.1, 0.15) is 10.5 Å². The average Bonchev–Trinajstić information content (AvgIpc) is 2.05. The van der Waals surface area contributed by atoms with Gasteiger partial charge >= 0.3 is 0 Å². The van der Waals surface area contributed by atoms with E-state index in [1.165, 1.54) is 6.20 Å². The number of aromatic nitrogens is 1. The first-order valence-electron chi connectivity index (χ1n) is 2.95. The fourth-order valence-electron chi connectivity index (χ4n) is 0.609. The van der Waals surface area contributed by atoms with Gasteiger partial charge in [-0.2, -0.15) is 0 Å². The van der Waals surface area contributed by atoms with Crippen molar-refractivity contribution in [3.63, 3.8) is 0 Å². The number of pyridine rings is 1. The molecule has 0 N–H and O–H groups in total. The molecular formula is C7H5BrClNO. The summed E-state index contributed by atoms with van der Waals surface area (Å²) in [5.41, 5.74) is 0.436. The van der Waals surface area contributed by atoms with E-state index in [0.717, 1.165) is 0 Å². The number of Topliss-reactive ketones (excluding diaryl/α,β-unsaturated/α-hetero) is 1. The van der Waals surface area contributed by atoms with E-state index in [1.807, 2.05) is 0 Å². The lowest BCUT2D eigenvalue weighted by Crippen LogP contribution is -2.01. The fourth-order valence-corrected chi connectivity index (χ4v) is 1.01. The van der Waals surface area contributed by atoms with Gasteiger partial charge in [0, 0.05) is 6.20 Å². The summed E-state index contributed by atoms with van der Waals surface area (Å²) in [6, 6.07) is 3.25. The summed E-state index contributed by atoms with van der Waals surface area (Å²) in [5.74, 6) is -0.0401. The molecule has 0 saturated carbocycles. The lowest BCUT2D eigenvalue weighted by molar-refractivity contribution is 0.101. The molecule has 1 aromatic rings. The van der Waals surface area contributed by atoms with Crippen molar-refractivity contribution in [1.82, 2.24) is 4.98 Å². The zero-order valence-corrected chi connectivity index (χ0v) is 7.89. The van der Waals surface area contributed by atoms with Gasteiger partial charge < -0.3 is 0 Å². The van der Waals surface area contributed by atoms with Crippen molar-refractivity contribution in [1.29, 1.82) is 0 Å². The van der Waals surface area contributed by atoms with Gasteiger partial charge in [0.05, 0.1) is 10.4 Å². The minimum Gasteiger partial charge on any atom is -0.291 e. The summed E-state index contributed by atoms with van der Waals surface area (Å²) in [6.45, 7) is 0. The Kier molecular flexibility index (Phi) is 3.02. The molecule has 58 valence electrons. The lowest BCUT2D eigenvalue weighted by Gasteiger charge is -1.94. The number of nitrogens with zero attached hydrogens (tertiary/aromatic N) is 1. The summed E-state index contributed by atoms with van der Waals surface area (Å²) in [7, 11) is 0. The Morgan fingerprint density at radius 1 is 1.64 bits per heavy atom. The summed E-state index contributed by atoms with van der Waals surface area (Å²) < 4.78 is 0. The van der Waals surface area contributed by atoms with Crippen LogP contribution in [0.25, 0.3) is 0 Å². The van der Waals surface area contributed by atoms with E-state index in [4.69, 9.17) is 11.6 Å². The summed E-state index contributed by atoms with van der Waals surface area (Å²) >= 11 is 8.62. The third-order valence-corrected chi connectivity index (χ3v) is 1.87. The van der Waals surface area contributed by atoms with Gasteiger partial charge in [0.2, 0.25) is 0 Å². The molecule has 0 aliphatic heterocycles. The summed E-state index contributed by atoms with van der Waals surface area (Å²) in [6.07, 6.45) is 1.46. The Bertz CT molecular complexity index is 260. The van der Waals surface area contributed by atoms with Crippen LogP contribution in [0, 0.1) is 0 Å². The van der Waals surface area contributed by atoms with Crippen molar-refractivity contribution in [3.8, 4) is 0 Å². The maximum Gasteiger partial charge on any atom is 0.191 e. The molecule has 0 aliphatic rings. The van der Waals surface area contributed by atoms with E-state index in [9.17, 15) is 4.79 Å². The average molecular weight is 234 g/mol. The maximum atomic E-state index is 11.0. The van der Waals surface area contributed by atoms with Crippen LogP contribution in [0.4, 0.5) is 0 Å². The molecule has 0 radical (unpaired) electrons. The second-order valence-electron chi connectivity index (χ2n) is 1.92. The molecular weight excluding hydrogens is 229 g/mol. The van der Waals surface area contributed by atoms with Gasteiger partial charge in [0.1, 0.15) is 5.69 Å². The van der Waals surface area contributed by atoms with Gasteiger partial charge in [-0.1, -0.05) is 27.5 Å². The number of carbonyl (C=O) groups is 1. The molecule has 0 saturated heterocycles. The molecule has 0 unspecified atom stereocenters. The largest absolute Gasteiger partial charge is 0.291 e. The molecule has 2 nitrogen and oxygen atoms in total. The highest BCUT2D eigenvalue weighted by atomic mass is 79.9. The zero-order chi connectivity index (χ0) is 8.27. The van der Waals surface area contributed by atoms with Crippen LogP contribution in [-0.4, -0.2) is 16.1 Å². The van der Waals surface area contributed by atoms with Gasteiger partial charge in [-0.3, -0.25) is 9.78 Å². The third-order valence-electron chi connectivity index (χ3n) is 1.13. The van der Waals surface area contributed by atoms with Crippen LogP contribution in [-0.2, 0) is 0 Å². The zero-order valence-electron chi connectivity index (χ0n) is 5.55. The monoisotopic (exact) mass is 233 g/mol. The molecule has 1 rings (SSSR count). The van der Waals surface area contributed by atoms with Crippen LogP contribution in [0.3, 0.4) is 0 Å². The SMILES string of the molecule is O=C(CBr)c1ccc(Cl)cn1. The Balaban J connectivity index is 2.90. The number of hydrogen-bond donors (Lipinski definition) is 0. The van der Waals surface area contributed by atoms with Crippen molar-refractivity contribution in [3.05, 3.63) is 29.0 Å². The minimum atomic E-state index is -0.0401. The number of alkyl halides is 1. The highest BCUT2D eigenvalue weighted by Crippen LogP contribution is 2.06. The Morgan fingerprint density at radius 3 is 2.82 bits per heavy atom. The lowest BCUT2D eigenvalue weighted by atomic mass is 10.3. The Hall–Kier alpha value is -0.410. The van der Waals surface area contributed by atoms with Gasteiger partial charge in [0.15, 0.2) is 5.78 Å².